The van der Waals surface area contributed by atoms with Crippen molar-refractivity contribution < 1.29 is 4.74 Å². The maximum Gasteiger partial charge on any atom is 0.130 e. The summed E-state index contributed by atoms with van der Waals surface area (Å²) in [6, 6.07) is 10.2. The highest BCUT2D eigenvalue weighted by molar-refractivity contribution is 5.35. The minimum Gasteiger partial charge on any atom is -0.491 e. The highest BCUT2D eigenvalue weighted by atomic mass is 16.5. The summed E-state index contributed by atoms with van der Waals surface area (Å²) in [7, 11) is 0. The summed E-state index contributed by atoms with van der Waals surface area (Å²) in [5, 5.41) is 12.2. The van der Waals surface area contributed by atoms with Crippen LogP contribution in [0.15, 0.2) is 24.3 Å². The zero-order chi connectivity index (χ0) is 13.5. The summed E-state index contributed by atoms with van der Waals surface area (Å²) in [5.41, 5.74) is 1.18. The van der Waals surface area contributed by atoms with Crippen molar-refractivity contribution in [3.8, 4) is 11.8 Å². The summed E-state index contributed by atoms with van der Waals surface area (Å²) in [6.45, 7) is 8.68. The number of hydrogen-bond acceptors (Lipinski definition) is 3. The Bertz CT molecular complexity index is 407. The van der Waals surface area contributed by atoms with Gasteiger partial charge in [-0.1, -0.05) is 32.0 Å². The molecule has 0 aliphatic carbocycles. The minimum absolute atomic E-state index is 0.273. The van der Waals surface area contributed by atoms with Crippen molar-refractivity contribution in [3.63, 3.8) is 0 Å². The third kappa shape index (κ3) is 4.38. The average Bonchev–Trinajstić information content (AvgIpc) is 2.34. The van der Waals surface area contributed by atoms with Crippen LogP contribution in [0, 0.1) is 11.3 Å². The van der Waals surface area contributed by atoms with Crippen LogP contribution in [-0.4, -0.2) is 18.7 Å². The van der Waals surface area contributed by atoms with Gasteiger partial charge in [0.15, 0.2) is 0 Å². The number of para-hydroxylation sites is 1. The zero-order valence-corrected chi connectivity index (χ0v) is 11.6. The Morgan fingerprint density at radius 1 is 1.22 bits per heavy atom. The van der Waals surface area contributed by atoms with Gasteiger partial charge in [0.1, 0.15) is 18.4 Å². The number of benzene rings is 1. The fourth-order valence-electron chi connectivity index (χ4n) is 1.79. The van der Waals surface area contributed by atoms with E-state index in [2.05, 4.69) is 31.3 Å². The van der Waals surface area contributed by atoms with Gasteiger partial charge in [-0.3, -0.25) is 5.32 Å². The van der Waals surface area contributed by atoms with Gasteiger partial charge in [-0.05, 0) is 31.4 Å². The Balaban J connectivity index is 2.65. The molecule has 0 aliphatic rings. The summed E-state index contributed by atoms with van der Waals surface area (Å²) in [4.78, 5) is 0. The van der Waals surface area contributed by atoms with E-state index < -0.39 is 0 Å². The molecule has 1 aromatic rings. The summed E-state index contributed by atoms with van der Waals surface area (Å²) in [6.07, 6.45) is 0. The minimum atomic E-state index is -0.273. The molecule has 0 bridgehead atoms. The highest BCUT2D eigenvalue weighted by Gasteiger charge is 2.12. The van der Waals surface area contributed by atoms with E-state index in [4.69, 9.17) is 10.00 Å². The molecular weight excluding hydrogens is 224 g/mol. The van der Waals surface area contributed by atoms with Gasteiger partial charge in [0.25, 0.3) is 0 Å². The molecule has 0 saturated heterocycles. The predicted molar refractivity (Wildman–Crippen MR) is 73.7 cm³/mol. The third-order valence-electron chi connectivity index (χ3n) is 2.64. The molecule has 3 heteroatoms. The Morgan fingerprint density at radius 2 is 1.89 bits per heavy atom. The molecule has 0 aliphatic heterocycles. The van der Waals surface area contributed by atoms with E-state index in [1.54, 1.807) is 0 Å². The SMILES string of the molecule is CC(C)NC(C#N)COc1ccccc1C(C)C. The predicted octanol–water partition coefficient (Wildman–Crippen LogP) is 3.08. The van der Waals surface area contributed by atoms with Crippen molar-refractivity contribution in [2.24, 2.45) is 0 Å². The van der Waals surface area contributed by atoms with Crippen LogP contribution in [0.5, 0.6) is 5.75 Å². The van der Waals surface area contributed by atoms with E-state index in [0.717, 1.165) is 5.75 Å². The number of nitriles is 1. The summed E-state index contributed by atoms with van der Waals surface area (Å²) in [5.74, 6) is 1.29. The Labute approximate surface area is 110 Å². The molecular formula is C15H22N2O. The summed E-state index contributed by atoms with van der Waals surface area (Å²) >= 11 is 0. The fourth-order valence-corrected chi connectivity index (χ4v) is 1.79. The van der Waals surface area contributed by atoms with E-state index in [1.165, 1.54) is 5.56 Å². The van der Waals surface area contributed by atoms with Crippen LogP contribution in [0.25, 0.3) is 0 Å². The van der Waals surface area contributed by atoms with Crippen molar-refractivity contribution in [1.29, 1.82) is 5.26 Å². The fraction of sp³-hybridized carbons (Fsp3) is 0.533. The average molecular weight is 246 g/mol. The number of nitrogens with zero attached hydrogens (tertiary/aromatic N) is 1. The molecule has 3 nitrogen and oxygen atoms in total. The standard InChI is InChI=1S/C15H22N2O/c1-11(2)14-7-5-6-8-15(14)18-10-13(9-16)17-12(3)4/h5-8,11-13,17H,10H2,1-4H3. The first-order valence-electron chi connectivity index (χ1n) is 6.42. The number of ether oxygens (including phenoxy) is 1. The molecule has 1 unspecified atom stereocenters. The monoisotopic (exact) mass is 246 g/mol. The van der Waals surface area contributed by atoms with Gasteiger partial charge in [0.2, 0.25) is 0 Å². The molecule has 98 valence electrons. The van der Waals surface area contributed by atoms with Crippen LogP contribution in [0.1, 0.15) is 39.2 Å². The Kier molecular flexibility index (Phi) is 5.67. The molecule has 0 amide bonds. The second kappa shape index (κ2) is 7.03. The lowest BCUT2D eigenvalue weighted by molar-refractivity contribution is 0.279. The van der Waals surface area contributed by atoms with Crippen LogP contribution in [-0.2, 0) is 0 Å². The first-order chi connectivity index (χ1) is 8.54. The lowest BCUT2D eigenvalue weighted by Crippen LogP contribution is -2.38. The summed E-state index contributed by atoms with van der Waals surface area (Å²) < 4.78 is 5.77. The molecule has 0 radical (unpaired) electrons. The maximum atomic E-state index is 9.04. The van der Waals surface area contributed by atoms with Gasteiger partial charge in [-0.15, -0.1) is 0 Å². The van der Waals surface area contributed by atoms with Gasteiger partial charge in [-0.2, -0.15) is 5.26 Å². The van der Waals surface area contributed by atoms with Crippen molar-refractivity contribution in [2.75, 3.05) is 6.61 Å². The van der Waals surface area contributed by atoms with E-state index in [0.29, 0.717) is 12.5 Å². The van der Waals surface area contributed by atoms with Crippen molar-refractivity contribution in [2.45, 2.75) is 45.7 Å². The maximum absolute atomic E-state index is 9.04. The van der Waals surface area contributed by atoms with Gasteiger partial charge in [0, 0.05) is 6.04 Å². The quantitative estimate of drug-likeness (QED) is 0.839. The number of nitrogens with one attached hydrogen (secondary N) is 1. The van der Waals surface area contributed by atoms with Gasteiger partial charge < -0.3 is 4.74 Å². The third-order valence-corrected chi connectivity index (χ3v) is 2.64. The second-order valence-corrected chi connectivity index (χ2v) is 5.01. The van der Waals surface area contributed by atoms with E-state index in [9.17, 15) is 0 Å². The number of hydrogen-bond donors (Lipinski definition) is 1. The Hall–Kier alpha value is -1.53. The van der Waals surface area contributed by atoms with Crippen LogP contribution < -0.4 is 10.1 Å². The molecule has 0 fully saturated rings. The van der Waals surface area contributed by atoms with Crippen LogP contribution >= 0.6 is 0 Å². The van der Waals surface area contributed by atoms with Crippen LogP contribution in [0.2, 0.25) is 0 Å². The molecule has 1 aromatic carbocycles. The highest BCUT2D eigenvalue weighted by Crippen LogP contribution is 2.25. The molecule has 0 saturated carbocycles. The molecule has 1 rings (SSSR count). The molecule has 0 heterocycles. The topological polar surface area (TPSA) is 45.0 Å². The first-order valence-corrected chi connectivity index (χ1v) is 6.42. The smallest absolute Gasteiger partial charge is 0.130 e. The van der Waals surface area contributed by atoms with Crippen molar-refractivity contribution in [1.82, 2.24) is 5.32 Å². The molecule has 0 aromatic heterocycles. The second-order valence-electron chi connectivity index (χ2n) is 5.01. The largest absolute Gasteiger partial charge is 0.491 e. The van der Waals surface area contributed by atoms with E-state index in [1.807, 2.05) is 32.0 Å². The number of rotatable bonds is 6. The van der Waals surface area contributed by atoms with Crippen molar-refractivity contribution >= 4 is 0 Å². The lowest BCUT2D eigenvalue weighted by Gasteiger charge is -2.18. The first kappa shape index (κ1) is 14.5. The van der Waals surface area contributed by atoms with Crippen LogP contribution in [0.3, 0.4) is 0 Å². The lowest BCUT2D eigenvalue weighted by atomic mass is 10.0. The van der Waals surface area contributed by atoms with Gasteiger partial charge in [0.05, 0.1) is 6.07 Å². The molecule has 18 heavy (non-hydrogen) atoms. The van der Waals surface area contributed by atoms with Gasteiger partial charge >= 0.3 is 0 Å². The normalized spacial score (nSPS) is 12.5. The molecule has 0 spiro atoms. The van der Waals surface area contributed by atoms with Gasteiger partial charge in [-0.25, -0.2) is 0 Å². The van der Waals surface area contributed by atoms with E-state index >= 15 is 0 Å². The van der Waals surface area contributed by atoms with Crippen LogP contribution in [0.4, 0.5) is 0 Å². The zero-order valence-electron chi connectivity index (χ0n) is 11.6. The van der Waals surface area contributed by atoms with E-state index in [-0.39, 0.29) is 12.1 Å². The molecule has 1 atom stereocenters. The van der Waals surface area contributed by atoms with Crippen molar-refractivity contribution in [3.05, 3.63) is 29.8 Å². The Morgan fingerprint density at radius 3 is 2.44 bits per heavy atom. The molecule has 1 N–H and O–H groups in total.